The van der Waals surface area contributed by atoms with Gasteiger partial charge in [-0.05, 0) is 17.7 Å². The molecule has 0 saturated carbocycles. The van der Waals surface area contributed by atoms with Crippen molar-refractivity contribution in [2.45, 2.75) is 13.0 Å². The van der Waals surface area contributed by atoms with Crippen LogP contribution in [0.5, 0.6) is 5.75 Å². The van der Waals surface area contributed by atoms with Crippen molar-refractivity contribution in [1.82, 2.24) is 10.2 Å². The third-order valence-electron chi connectivity index (χ3n) is 2.36. The van der Waals surface area contributed by atoms with E-state index in [1.165, 1.54) is 17.0 Å². The summed E-state index contributed by atoms with van der Waals surface area (Å²) in [5, 5.41) is 12.0. The average Bonchev–Trinajstić information content (AvgIpc) is 2.28. The smallest absolute Gasteiger partial charge is 0.223 e. The highest BCUT2D eigenvalue weighted by Crippen LogP contribution is 2.15. The van der Waals surface area contributed by atoms with Gasteiger partial charge in [-0.2, -0.15) is 0 Å². The van der Waals surface area contributed by atoms with E-state index < -0.39 is 5.82 Å². The van der Waals surface area contributed by atoms with Crippen LogP contribution in [0.3, 0.4) is 0 Å². The Morgan fingerprint density at radius 2 is 2.18 bits per heavy atom. The molecule has 1 amide bonds. The Morgan fingerprint density at radius 3 is 2.76 bits per heavy atom. The minimum absolute atomic E-state index is 0.0504. The lowest BCUT2D eigenvalue weighted by Crippen LogP contribution is -2.26. The number of phenols is 1. The fourth-order valence-electron chi connectivity index (χ4n) is 1.31. The van der Waals surface area contributed by atoms with Crippen LogP contribution in [0.1, 0.15) is 12.0 Å². The number of nitrogens with one attached hydrogen (secondary N) is 1. The summed E-state index contributed by atoms with van der Waals surface area (Å²) >= 11 is 0. The molecule has 0 radical (unpaired) electrons. The van der Waals surface area contributed by atoms with Gasteiger partial charge in [0.15, 0.2) is 11.6 Å². The molecular formula is C12H17FN2O2. The van der Waals surface area contributed by atoms with Crippen LogP contribution in [0.15, 0.2) is 18.2 Å². The van der Waals surface area contributed by atoms with Gasteiger partial charge < -0.3 is 15.3 Å². The third kappa shape index (κ3) is 4.40. The number of carbonyl (C=O) groups excluding carboxylic acids is 1. The number of hydrogen-bond acceptors (Lipinski definition) is 3. The Bertz CT molecular complexity index is 394. The molecule has 0 aliphatic carbocycles. The molecule has 94 valence electrons. The Kier molecular flexibility index (Phi) is 4.90. The highest BCUT2D eigenvalue weighted by atomic mass is 19.1. The Morgan fingerprint density at radius 1 is 1.47 bits per heavy atom. The number of phenolic OH excluding ortho intramolecular Hbond substituents is 1. The van der Waals surface area contributed by atoms with Gasteiger partial charge in [0.25, 0.3) is 0 Å². The van der Waals surface area contributed by atoms with E-state index in [4.69, 9.17) is 5.11 Å². The normalized spacial score (nSPS) is 10.3. The predicted octanol–water partition coefficient (Wildman–Crippen LogP) is 1.10. The van der Waals surface area contributed by atoms with Gasteiger partial charge in [0.05, 0.1) is 0 Å². The molecule has 17 heavy (non-hydrogen) atoms. The summed E-state index contributed by atoms with van der Waals surface area (Å²) in [5.41, 5.74) is 0.734. The van der Waals surface area contributed by atoms with Crippen LogP contribution in [-0.4, -0.2) is 36.6 Å². The van der Waals surface area contributed by atoms with E-state index in [-0.39, 0.29) is 11.7 Å². The zero-order valence-electron chi connectivity index (χ0n) is 10.0. The molecule has 0 atom stereocenters. The molecule has 0 fully saturated rings. The first-order chi connectivity index (χ1) is 8.00. The first-order valence-electron chi connectivity index (χ1n) is 5.39. The molecule has 0 aromatic heterocycles. The molecule has 0 bridgehead atoms. The number of amides is 1. The number of halogens is 1. The highest BCUT2D eigenvalue weighted by Gasteiger charge is 2.04. The summed E-state index contributed by atoms with van der Waals surface area (Å²) in [6.07, 6.45) is 0.410. The number of nitrogens with zero attached hydrogens (tertiary/aromatic N) is 1. The Balaban J connectivity index is 2.31. The zero-order chi connectivity index (χ0) is 12.8. The van der Waals surface area contributed by atoms with E-state index in [9.17, 15) is 9.18 Å². The van der Waals surface area contributed by atoms with Gasteiger partial charge in [-0.15, -0.1) is 0 Å². The minimum Gasteiger partial charge on any atom is -0.505 e. The van der Waals surface area contributed by atoms with Crippen molar-refractivity contribution in [3.05, 3.63) is 29.6 Å². The molecule has 0 spiro atoms. The maximum atomic E-state index is 13.0. The second-order valence-corrected chi connectivity index (χ2v) is 4.00. The van der Waals surface area contributed by atoms with Crippen molar-refractivity contribution in [3.63, 3.8) is 0 Å². The lowest BCUT2D eigenvalue weighted by atomic mass is 10.2. The van der Waals surface area contributed by atoms with Gasteiger partial charge in [-0.3, -0.25) is 4.79 Å². The van der Waals surface area contributed by atoms with Crippen molar-refractivity contribution in [1.29, 1.82) is 0 Å². The van der Waals surface area contributed by atoms with E-state index in [0.717, 1.165) is 5.56 Å². The van der Waals surface area contributed by atoms with Gasteiger partial charge in [-0.25, -0.2) is 4.39 Å². The Hall–Kier alpha value is -1.62. The third-order valence-corrected chi connectivity index (χ3v) is 2.36. The summed E-state index contributed by atoms with van der Waals surface area (Å²) in [6.45, 7) is 1.01. The van der Waals surface area contributed by atoms with E-state index in [1.54, 1.807) is 20.2 Å². The van der Waals surface area contributed by atoms with Crippen LogP contribution in [0.4, 0.5) is 4.39 Å². The number of benzene rings is 1. The molecule has 0 saturated heterocycles. The maximum Gasteiger partial charge on any atom is 0.223 e. The second-order valence-electron chi connectivity index (χ2n) is 4.00. The summed E-state index contributed by atoms with van der Waals surface area (Å²) in [6, 6.07) is 4.23. The Labute approximate surface area is 100 Å². The van der Waals surface area contributed by atoms with Crippen LogP contribution >= 0.6 is 0 Å². The largest absolute Gasteiger partial charge is 0.505 e. The molecule has 2 N–H and O–H groups in total. The topological polar surface area (TPSA) is 52.6 Å². The standard InChI is InChI=1S/C12H17FN2O2/c1-15(2)12(17)5-6-14-8-9-3-4-11(16)10(13)7-9/h3-4,7,14,16H,5-6,8H2,1-2H3. The van der Waals surface area contributed by atoms with Crippen LogP contribution in [0, 0.1) is 5.82 Å². The fourth-order valence-corrected chi connectivity index (χ4v) is 1.31. The molecule has 0 aliphatic rings. The minimum atomic E-state index is -0.631. The number of carbonyl (C=O) groups is 1. The molecule has 0 heterocycles. The zero-order valence-corrected chi connectivity index (χ0v) is 10.0. The predicted molar refractivity (Wildman–Crippen MR) is 63.1 cm³/mol. The highest BCUT2D eigenvalue weighted by molar-refractivity contribution is 5.75. The van der Waals surface area contributed by atoms with Crippen LogP contribution in [-0.2, 0) is 11.3 Å². The van der Waals surface area contributed by atoms with E-state index in [0.29, 0.717) is 19.5 Å². The average molecular weight is 240 g/mol. The monoisotopic (exact) mass is 240 g/mol. The van der Waals surface area contributed by atoms with Crippen LogP contribution in [0.25, 0.3) is 0 Å². The van der Waals surface area contributed by atoms with Crippen LogP contribution < -0.4 is 5.32 Å². The molecular weight excluding hydrogens is 223 g/mol. The lowest BCUT2D eigenvalue weighted by Gasteiger charge is -2.10. The maximum absolute atomic E-state index is 13.0. The summed E-state index contributed by atoms with van der Waals surface area (Å²) < 4.78 is 13.0. The van der Waals surface area contributed by atoms with Crippen molar-refractivity contribution >= 4 is 5.91 Å². The van der Waals surface area contributed by atoms with Gasteiger partial charge >= 0.3 is 0 Å². The van der Waals surface area contributed by atoms with E-state index >= 15 is 0 Å². The van der Waals surface area contributed by atoms with Crippen LogP contribution in [0.2, 0.25) is 0 Å². The number of hydrogen-bond donors (Lipinski definition) is 2. The molecule has 1 aromatic carbocycles. The number of aromatic hydroxyl groups is 1. The summed E-state index contributed by atoms with van der Waals surface area (Å²) in [4.78, 5) is 12.8. The summed E-state index contributed by atoms with van der Waals surface area (Å²) in [7, 11) is 3.41. The van der Waals surface area contributed by atoms with Gasteiger partial charge in [0, 0.05) is 33.6 Å². The second kappa shape index (κ2) is 6.20. The first-order valence-corrected chi connectivity index (χ1v) is 5.39. The lowest BCUT2D eigenvalue weighted by molar-refractivity contribution is -0.128. The van der Waals surface area contributed by atoms with Crippen molar-refractivity contribution < 1.29 is 14.3 Å². The molecule has 0 aliphatic heterocycles. The molecule has 1 aromatic rings. The van der Waals surface area contributed by atoms with Gasteiger partial charge in [0.2, 0.25) is 5.91 Å². The molecule has 5 heteroatoms. The van der Waals surface area contributed by atoms with Crippen molar-refractivity contribution in [3.8, 4) is 5.75 Å². The quantitative estimate of drug-likeness (QED) is 0.758. The van der Waals surface area contributed by atoms with Crippen molar-refractivity contribution in [2.24, 2.45) is 0 Å². The SMILES string of the molecule is CN(C)C(=O)CCNCc1ccc(O)c(F)c1. The van der Waals surface area contributed by atoms with Crippen molar-refractivity contribution in [2.75, 3.05) is 20.6 Å². The van der Waals surface area contributed by atoms with Gasteiger partial charge in [0.1, 0.15) is 0 Å². The van der Waals surface area contributed by atoms with E-state index in [2.05, 4.69) is 5.32 Å². The molecule has 4 nitrogen and oxygen atoms in total. The fraction of sp³-hybridized carbons (Fsp3) is 0.417. The number of rotatable bonds is 5. The van der Waals surface area contributed by atoms with E-state index in [1.807, 2.05) is 0 Å². The molecule has 1 rings (SSSR count). The van der Waals surface area contributed by atoms with Gasteiger partial charge in [-0.1, -0.05) is 6.07 Å². The summed E-state index contributed by atoms with van der Waals surface area (Å²) in [5.74, 6) is -0.931. The first kappa shape index (κ1) is 13.4. The molecule has 0 unspecified atom stereocenters.